The Balaban J connectivity index is 1.65. The van der Waals surface area contributed by atoms with Crippen molar-refractivity contribution in [1.29, 1.82) is 0 Å². The highest BCUT2D eigenvalue weighted by atomic mass is 32.2. The van der Waals surface area contributed by atoms with Crippen LogP contribution in [0.15, 0.2) is 22.0 Å². The Morgan fingerprint density at radius 1 is 1.48 bits per heavy atom. The summed E-state index contributed by atoms with van der Waals surface area (Å²) in [5.41, 5.74) is 0. The summed E-state index contributed by atoms with van der Waals surface area (Å²) in [6, 6.07) is 4.07. The van der Waals surface area contributed by atoms with Gasteiger partial charge in [0.2, 0.25) is 21.7 Å². The lowest BCUT2D eigenvalue weighted by molar-refractivity contribution is 0.125. The van der Waals surface area contributed by atoms with Crippen LogP contribution in [0.4, 0.5) is 0 Å². The molecule has 9 heteroatoms. The number of nitrogens with zero attached hydrogens (tertiary/aromatic N) is 3. The molecule has 1 aliphatic rings. The molecule has 0 radical (unpaired) electrons. The van der Waals surface area contributed by atoms with E-state index >= 15 is 0 Å². The first-order valence-corrected chi connectivity index (χ1v) is 10.3. The van der Waals surface area contributed by atoms with Gasteiger partial charge in [0, 0.05) is 12.6 Å². The summed E-state index contributed by atoms with van der Waals surface area (Å²) in [5, 5.41) is 6.00. The molecule has 3 heterocycles. The number of aromatic nitrogens is 2. The summed E-state index contributed by atoms with van der Waals surface area (Å²) < 4.78 is 30.6. The van der Waals surface area contributed by atoms with Gasteiger partial charge in [-0.1, -0.05) is 17.6 Å². The summed E-state index contributed by atoms with van der Waals surface area (Å²) in [6.07, 6.45) is 4.36. The van der Waals surface area contributed by atoms with Gasteiger partial charge in [0.05, 0.1) is 17.7 Å². The molecule has 1 N–H and O–H groups in total. The third kappa shape index (κ3) is 4.60. The summed E-state index contributed by atoms with van der Waals surface area (Å²) >= 11 is 1.57. The quantitative estimate of drug-likeness (QED) is 0.847. The molecule has 23 heavy (non-hydrogen) atoms. The number of sulfonamides is 1. The molecule has 0 unspecified atom stereocenters. The number of piperidine rings is 1. The third-order valence-electron chi connectivity index (χ3n) is 3.88. The fourth-order valence-corrected chi connectivity index (χ4v) is 3.89. The predicted molar refractivity (Wildman–Crippen MR) is 88.5 cm³/mol. The van der Waals surface area contributed by atoms with E-state index in [-0.39, 0.29) is 6.04 Å². The second kappa shape index (κ2) is 7.08. The molecule has 0 saturated carbocycles. The third-order valence-corrected chi connectivity index (χ3v) is 5.44. The van der Waals surface area contributed by atoms with Gasteiger partial charge in [-0.15, -0.1) is 11.3 Å². The Kier molecular flexibility index (Phi) is 5.10. The van der Waals surface area contributed by atoms with Crippen LogP contribution in [-0.2, 0) is 16.6 Å². The van der Waals surface area contributed by atoms with Gasteiger partial charge >= 0.3 is 0 Å². The predicted octanol–water partition coefficient (Wildman–Crippen LogP) is 1.70. The van der Waals surface area contributed by atoms with Crippen molar-refractivity contribution in [3.63, 3.8) is 0 Å². The topological polar surface area (TPSA) is 88.3 Å². The molecule has 0 amide bonds. The summed E-state index contributed by atoms with van der Waals surface area (Å²) in [7, 11) is -3.17. The summed E-state index contributed by atoms with van der Waals surface area (Å²) in [4.78, 5) is 7.64. The average molecular weight is 356 g/mol. The van der Waals surface area contributed by atoms with Crippen molar-refractivity contribution in [3.8, 4) is 10.7 Å². The molecule has 0 bridgehead atoms. The standard InChI is InChI=1S/C14H20N4O3S2/c1-23(19,20)15-9-11-5-2-3-7-18(11)10-13-16-14(17-21-13)12-6-4-8-22-12/h4,6,8,11,15H,2-3,5,7,9-10H2,1H3/t11-/m1/s1. The lowest BCUT2D eigenvalue weighted by atomic mass is 10.0. The maximum absolute atomic E-state index is 11.3. The fourth-order valence-electron chi connectivity index (χ4n) is 2.75. The maximum Gasteiger partial charge on any atom is 0.241 e. The van der Waals surface area contributed by atoms with E-state index in [0.717, 1.165) is 30.7 Å². The van der Waals surface area contributed by atoms with Crippen LogP contribution < -0.4 is 4.72 Å². The molecule has 3 rings (SSSR count). The van der Waals surface area contributed by atoms with E-state index in [9.17, 15) is 8.42 Å². The lowest BCUT2D eigenvalue weighted by Crippen LogP contribution is -2.46. The first-order chi connectivity index (χ1) is 11.0. The second-order valence-corrected chi connectivity index (χ2v) is 8.51. The van der Waals surface area contributed by atoms with Crippen LogP contribution >= 0.6 is 11.3 Å². The number of likely N-dealkylation sites (tertiary alicyclic amines) is 1. The normalized spacial score (nSPS) is 20.0. The molecular weight excluding hydrogens is 336 g/mol. The monoisotopic (exact) mass is 356 g/mol. The Morgan fingerprint density at radius 2 is 2.35 bits per heavy atom. The molecule has 7 nitrogen and oxygen atoms in total. The molecule has 0 spiro atoms. The molecule has 2 aromatic rings. The number of thiophene rings is 1. The van der Waals surface area contributed by atoms with E-state index in [4.69, 9.17) is 4.52 Å². The van der Waals surface area contributed by atoms with Crippen molar-refractivity contribution in [2.75, 3.05) is 19.3 Å². The SMILES string of the molecule is CS(=O)(=O)NC[C@H]1CCCCN1Cc1nc(-c2cccs2)no1. The van der Waals surface area contributed by atoms with Crippen LogP contribution in [0.2, 0.25) is 0 Å². The van der Waals surface area contributed by atoms with E-state index in [1.54, 1.807) is 11.3 Å². The molecule has 0 aromatic carbocycles. The number of rotatable bonds is 6. The van der Waals surface area contributed by atoms with E-state index in [2.05, 4.69) is 19.8 Å². The van der Waals surface area contributed by atoms with Gasteiger partial charge in [-0.25, -0.2) is 13.1 Å². The zero-order chi connectivity index (χ0) is 16.3. The molecular formula is C14H20N4O3S2. The van der Waals surface area contributed by atoms with Crippen molar-refractivity contribution in [3.05, 3.63) is 23.4 Å². The Labute approximate surface area is 139 Å². The molecule has 2 aromatic heterocycles. The van der Waals surface area contributed by atoms with Gasteiger partial charge in [-0.2, -0.15) is 4.98 Å². The van der Waals surface area contributed by atoms with Crippen LogP contribution in [0.5, 0.6) is 0 Å². The first kappa shape index (κ1) is 16.6. The summed E-state index contributed by atoms with van der Waals surface area (Å²) in [6.45, 7) is 1.88. The van der Waals surface area contributed by atoms with Gasteiger partial charge in [-0.3, -0.25) is 4.90 Å². The van der Waals surface area contributed by atoms with Crippen molar-refractivity contribution in [2.45, 2.75) is 31.8 Å². The maximum atomic E-state index is 11.3. The van der Waals surface area contributed by atoms with Crippen LogP contribution in [-0.4, -0.2) is 48.8 Å². The van der Waals surface area contributed by atoms with Gasteiger partial charge in [0.15, 0.2) is 0 Å². The average Bonchev–Trinajstić information content (AvgIpc) is 3.16. The van der Waals surface area contributed by atoms with E-state index in [0.29, 0.717) is 24.8 Å². The van der Waals surface area contributed by atoms with E-state index < -0.39 is 10.0 Å². The highest BCUT2D eigenvalue weighted by Gasteiger charge is 2.25. The molecule has 1 aliphatic heterocycles. The number of hydrogen-bond donors (Lipinski definition) is 1. The van der Waals surface area contributed by atoms with Crippen molar-refractivity contribution in [2.24, 2.45) is 0 Å². The largest absolute Gasteiger partial charge is 0.338 e. The van der Waals surface area contributed by atoms with Gasteiger partial charge in [0.25, 0.3) is 0 Å². The lowest BCUT2D eigenvalue weighted by Gasteiger charge is -2.34. The Hall–Kier alpha value is -1.29. The van der Waals surface area contributed by atoms with Crippen LogP contribution in [0.25, 0.3) is 10.7 Å². The summed E-state index contributed by atoms with van der Waals surface area (Å²) in [5.74, 6) is 1.18. The number of nitrogens with one attached hydrogen (secondary N) is 1. The molecule has 1 fully saturated rings. The minimum absolute atomic E-state index is 0.163. The van der Waals surface area contributed by atoms with Gasteiger partial charge in [-0.05, 0) is 30.8 Å². The zero-order valence-corrected chi connectivity index (χ0v) is 14.6. The fraction of sp³-hybridized carbons (Fsp3) is 0.571. The minimum Gasteiger partial charge on any atom is -0.338 e. The highest BCUT2D eigenvalue weighted by molar-refractivity contribution is 7.88. The van der Waals surface area contributed by atoms with Crippen molar-refractivity contribution >= 4 is 21.4 Å². The smallest absolute Gasteiger partial charge is 0.241 e. The van der Waals surface area contributed by atoms with Crippen LogP contribution in [0, 0.1) is 0 Å². The van der Waals surface area contributed by atoms with Gasteiger partial charge in [0.1, 0.15) is 0 Å². The van der Waals surface area contributed by atoms with E-state index in [1.165, 1.54) is 6.26 Å². The van der Waals surface area contributed by atoms with Crippen LogP contribution in [0.1, 0.15) is 25.2 Å². The van der Waals surface area contributed by atoms with Gasteiger partial charge < -0.3 is 4.52 Å². The van der Waals surface area contributed by atoms with Crippen molar-refractivity contribution < 1.29 is 12.9 Å². The molecule has 0 aliphatic carbocycles. The Morgan fingerprint density at radius 3 is 3.09 bits per heavy atom. The Bertz CT molecular complexity index is 727. The first-order valence-electron chi connectivity index (χ1n) is 7.56. The minimum atomic E-state index is -3.17. The molecule has 126 valence electrons. The molecule has 1 atom stereocenters. The number of hydrogen-bond acceptors (Lipinski definition) is 7. The molecule has 1 saturated heterocycles. The highest BCUT2D eigenvalue weighted by Crippen LogP contribution is 2.23. The van der Waals surface area contributed by atoms with Crippen molar-refractivity contribution in [1.82, 2.24) is 19.8 Å². The second-order valence-electron chi connectivity index (χ2n) is 5.73. The van der Waals surface area contributed by atoms with E-state index in [1.807, 2.05) is 17.5 Å². The van der Waals surface area contributed by atoms with Crippen LogP contribution in [0.3, 0.4) is 0 Å². The zero-order valence-electron chi connectivity index (χ0n) is 12.9.